The van der Waals surface area contributed by atoms with Crippen LogP contribution in [0.2, 0.25) is 0 Å². The van der Waals surface area contributed by atoms with Crippen LogP contribution in [-0.4, -0.2) is 57.7 Å². The lowest BCUT2D eigenvalue weighted by atomic mass is 9.99. The summed E-state index contributed by atoms with van der Waals surface area (Å²) in [6.45, 7) is -0.495. The highest BCUT2D eigenvalue weighted by atomic mass is 16.7. The van der Waals surface area contributed by atoms with Gasteiger partial charge in [-0.25, -0.2) is 0 Å². The first-order valence-corrected chi connectivity index (χ1v) is 7.98. The molecule has 0 radical (unpaired) electrons. The first-order chi connectivity index (χ1) is 12.1. The molecule has 7 heteroatoms. The fraction of sp³-hybridized carbons (Fsp3) is 0.333. The summed E-state index contributed by atoms with van der Waals surface area (Å²) < 4.78 is 10.9. The molecule has 0 aliphatic carbocycles. The number of para-hydroxylation sites is 1. The molecule has 7 nitrogen and oxygen atoms in total. The molecule has 0 unspecified atom stereocenters. The Kier molecular flexibility index (Phi) is 5.52. The summed E-state index contributed by atoms with van der Waals surface area (Å²) in [5, 5.41) is 41.9. The van der Waals surface area contributed by atoms with Crippen molar-refractivity contribution in [2.24, 2.45) is 0 Å². The maximum Gasteiger partial charge on any atom is 0.229 e. The Balaban J connectivity index is 1.64. The smallest absolute Gasteiger partial charge is 0.229 e. The van der Waals surface area contributed by atoms with Crippen molar-refractivity contribution in [2.45, 2.75) is 30.7 Å². The number of nitrogens with one attached hydrogen (secondary N) is 1. The molecule has 1 heterocycles. The van der Waals surface area contributed by atoms with E-state index in [2.05, 4.69) is 5.32 Å². The first-order valence-electron chi connectivity index (χ1n) is 7.98. The molecule has 0 amide bonds. The second kappa shape index (κ2) is 7.81. The molecule has 2 aromatic rings. The van der Waals surface area contributed by atoms with Crippen LogP contribution < -0.4 is 10.1 Å². The molecule has 0 aromatic heterocycles. The van der Waals surface area contributed by atoms with Gasteiger partial charge in [0.1, 0.15) is 30.2 Å². The number of aliphatic hydroxyl groups excluding tert-OH is 4. The summed E-state index contributed by atoms with van der Waals surface area (Å²) in [7, 11) is 0. The zero-order chi connectivity index (χ0) is 17.8. The van der Waals surface area contributed by atoms with Gasteiger partial charge in [0.15, 0.2) is 0 Å². The SMILES string of the molecule is OC[C@H]1O[C@H](Oc2ccc(Nc3ccccc3)cc2)[C@H](O)[C@@H](O)[C@H]1O. The van der Waals surface area contributed by atoms with Crippen molar-refractivity contribution in [3.63, 3.8) is 0 Å². The predicted octanol–water partition coefficient (Wildman–Crippen LogP) is 0.609. The van der Waals surface area contributed by atoms with Gasteiger partial charge in [-0.3, -0.25) is 0 Å². The van der Waals surface area contributed by atoms with E-state index in [0.29, 0.717) is 5.75 Å². The van der Waals surface area contributed by atoms with Crippen molar-refractivity contribution in [2.75, 3.05) is 11.9 Å². The van der Waals surface area contributed by atoms with Crippen LogP contribution in [0.15, 0.2) is 54.6 Å². The molecule has 0 spiro atoms. The van der Waals surface area contributed by atoms with Crippen molar-refractivity contribution in [3.8, 4) is 5.75 Å². The van der Waals surface area contributed by atoms with Gasteiger partial charge >= 0.3 is 0 Å². The van der Waals surface area contributed by atoms with Gasteiger partial charge < -0.3 is 35.2 Å². The summed E-state index contributed by atoms with van der Waals surface area (Å²) in [6, 6.07) is 16.6. The molecule has 1 fully saturated rings. The van der Waals surface area contributed by atoms with E-state index < -0.39 is 37.3 Å². The topological polar surface area (TPSA) is 111 Å². The normalized spacial score (nSPS) is 29.2. The second-order valence-corrected chi connectivity index (χ2v) is 5.83. The van der Waals surface area contributed by atoms with Crippen molar-refractivity contribution >= 4 is 11.4 Å². The summed E-state index contributed by atoms with van der Waals surface area (Å²) in [4.78, 5) is 0. The van der Waals surface area contributed by atoms with Gasteiger partial charge in [0.25, 0.3) is 0 Å². The Morgan fingerprint density at radius 1 is 0.840 bits per heavy atom. The monoisotopic (exact) mass is 347 g/mol. The maximum atomic E-state index is 9.98. The standard InChI is InChI=1S/C18H21NO6/c20-10-14-15(21)16(22)17(23)18(25-14)24-13-8-6-12(7-9-13)19-11-4-2-1-3-5-11/h1-9,14-23H,10H2/t14-,15+,16+,17-,18+/m1/s1. The van der Waals surface area contributed by atoms with E-state index in [1.807, 2.05) is 30.3 Å². The van der Waals surface area contributed by atoms with Crippen LogP contribution in [0.25, 0.3) is 0 Å². The van der Waals surface area contributed by atoms with Crippen LogP contribution >= 0.6 is 0 Å². The lowest BCUT2D eigenvalue weighted by molar-refractivity contribution is -0.277. The average Bonchev–Trinajstić information content (AvgIpc) is 2.64. The predicted molar refractivity (Wildman–Crippen MR) is 90.6 cm³/mol. The van der Waals surface area contributed by atoms with Crippen molar-refractivity contribution in [1.29, 1.82) is 0 Å². The van der Waals surface area contributed by atoms with E-state index in [9.17, 15) is 20.4 Å². The quantitative estimate of drug-likeness (QED) is 0.539. The molecule has 0 bridgehead atoms. The Morgan fingerprint density at radius 3 is 2.12 bits per heavy atom. The van der Waals surface area contributed by atoms with E-state index in [-0.39, 0.29) is 0 Å². The minimum atomic E-state index is -1.46. The minimum absolute atomic E-state index is 0.419. The number of ether oxygens (including phenoxy) is 2. The highest BCUT2D eigenvalue weighted by Crippen LogP contribution is 2.26. The molecule has 2 aromatic carbocycles. The first kappa shape index (κ1) is 17.7. The summed E-state index contributed by atoms with van der Waals surface area (Å²) in [5.41, 5.74) is 1.80. The van der Waals surface area contributed by atoms with Crippen LogP contribution in [0.1, 0.15) is 0 Å². The largest absolute Gasteiger partial charge is 0.462 e. The van der Waals surface area contributed by atoms with Crippen LogP contribution in [0.5, 0.6) is 5.75 Å². The number of aliphatic hydroxyl groups is 4. The fourth-order valence-electron chi connectivity index (χ4n) is 2.60. The van der Waals surface area contributed by atoms with E-state index in [0.717, 1.165) is 11.4 Å². The summed E-state index contributed by atoms with van der Waals surface area (Å²) >= 11 is 0. The lowest BCUT2D eigenvalue weighted by Gasteiger charge is -2.39. The van der Waals surface area contributed by atoms with Gasteiger partial charge in [0.05, 0.1) is 6.61 Å². The highest BCUT2D eigenvalue weighted by Gasteiger charge is 2.44. The average molecular weight is 347 g/mol. The highest BCUT2D eigenvalue weighted by molar-refractivity contribution is 5.59. The van der Waals surface area contributed by atoms with E-state index in [4.69, 9.17) is 9.47 Å². The number of rotatable bonds is 5. The molecule has 1 saturated heterocycles. The molecular weight excluding hydrogens is 326 g/mol. The molecule has 134 valence electrons. The second-order valence-electron chi connectivity index (χ2n) is 5.83. The van der Waals surface area contributed by atoms with Gasteiger partial charge in [0, 0.05) is 11.4 Å². The molecule has 25 heavy (non-hydrogen) atoms. The van der Waals surface area contributed by atoms with Gasteiger partial charge in [-0.1, -0.05) is 18.2 Å². The Morgan fingerprint density at radius 2 is 1.48 bits per heavy atom. The van der Waals surface area contributed by atoms with E-state index >= 15 is 0 Å². The van der Waals surface area contributed by atoms with Crippen molar-refractivity contribution < 1.29 is 29.9 Å². The lowest BCUT2D eigenvalue weighted by Crippen LogP contribution is -2.60. The zero-order valence-corrected chi connectivity index (χ0v) is 13.4. The number of anilines is 2. The van der Waals surface area contributed by atoms with Gasteiger partial charge in [0.2, 0.25) is 6.29 Å². The van der Waals surface area contributed by atoms with E-state index in [1.54, 1.807) is 24.3 Å². The minimum Gasteiger partial charge on any atom is -0.462 e. The molecule has 5 atom stereocenters. The molecular formula is C18H21NO6. The molecule has 3 rings (SSSR count). The number of hydrogen-bond donors (Lipinski definition) is 5. The molecule has 0 saturated carbocycles. The zero-order valence-electron chi connectivity index (χ0n) is 13.4. The number of hydrogen-bond acceptors (Lipinski definition) is 7. The number of benzene rings is 2. The third kappa shape index (κ3) is 4.09. The van der Waals surface area contributed by atoms with Crippen LogP contribution in [0.4, 0.5) is 11.4 Å². The third-order valence-corrected chi connectivity index (χ3v) is 4.02. The van der Waals surface area contributed by atoms with Crippen molar-refractivity contribution in [1.82, 2.24) is 0 Å². The van der Waals surface area contributed by atoms with Gasteiger partial charge in [-0.05, 0) is 36.4 Å². The third-order valence-electron chi connectivity index (χ3n) is 4.02. The Labute approximate surface area is 145 Å². The molecule has 1 aliphatic heterocycles. The summed E-state index contributed by atoms with van der Waals surface area (Å²) in [5.74, 6) is 0.419. The van der Waals surface area contributed by atoms with Crippen LogP contribution in [-0.2, 0) is 4.74 Å². The van der Waals surface area contributed by atoms with Crippen LogP contribution in [0, 0.1) is 0 Å². The Hall–Kier alpha value is -2.16. The fourth-order valence-corrected chi connectivity index (χ4v) is 2.60. The molecule has 1 aliphatic rings. The van der Waals surface area contributed by atoms with Gasteiger partial charge in [-0.2, -0.15) is 0 Å². The Bertz CT molecular complexity index is 663. The van der Waals surface area contributed by atoms with Gasteiger partial charge in [-0.15, -0.1) is 0 Å². The van der Waals surface area contributed by atoms with Crippen LogP contribution in [0.3, 0.4) is 0 Å². The maximum absolute atomic E-state index is 9.98. The summed E-state index contributed by atoms with van der Waals surface area (Å²) in [6.07, 6.45) is -6.49. The van der Waals surface area contributed by atoms with E-state index in [1.165, 1.54) is 0 Å². The molecule has 5 N–H and O–H groups in total. The van der Waals surface area contributed by atoms with Crippen molar-refractivity contribution in [3.05, 3.63) is 54.6 Å².